The Hall–Kier alpha value is -3.06. The van der Waals surface area contributed by atoms with Gasteiger partial charge in [0.15, 0.2) is 0 Å². The van der Waals surface area contributed by atoms with E-state index in [0.29, 0.717) is 23.2 Å². The second-order valence-corrected chi connectivity index (χ2v) is 7.96. The number of halogens is 3. The molecule has 1 fully saturated rings. The Morgan fingerprint density at radius 1 is 0.969 bits per heavy atom. The number of carbonyl (C=O) groups excluding carboxylic acids is 1. The first-order valence-corrected chi connectivity index (χ1v) is 10.8. The van der Waals surface area contributed by atoms with Crippen LogP contribution in [-0.4, -0.2) is 30.4 Å². The molecule has 1 amide bonds. The number of benzene rings is 2. The van der Waals surface area contributed by atoms with Gasteiger partial charge in [-0.15, -0.1) is 0 Å². The summed E-state index contributed by atoms with van der Waals surface area (Å²) >= 11 is 0. The molecule has 0 aliphatic carbocycles. The van der Waals surface area contributed by atoms with Crippen molar-refractivity contribution in [3.8, 4) is 11.1 Å². The highest BCUT2D eigenvalue weighted by Gasteiger charge is 2.30. The molecule has 1 saturated heterocycles. The Morgan fingerprint density at radius 2 is 1.69 bits per heavy atom. The fourth-order valence-electron chi connectivity index (χ4n) is 4.18. The van der Waals surface area contributed by atoms with Crippen LogP contribution in [0.4, 0.5) is 13.2 Å². The van der Waals surface area contributed by atoms with Crippen molar-refractivity contribution in [1.82, 2.24) is 10.2 Å². The molecule has 1 N–H and O–H groups in total. The zero-order valence-corrected chi connectivity index (χ0v) is 17.6. The smallest absolute Gasteiger partial charge is 0.416 e. The minimum absolute atomic E-state index is 0.0625. The summed E-state index contributed by atoms with van der Waals surface area (Å²) in [5.41, 5.74) is 0.851. The Morgan fingerprint density at radius 3 is 2.34 bits per heavy atom. The zero-order valence-electron chi connectivity index (χ0n) is 17.6. The highest BCUT2D eigenvalue weighted by Crippen LogP contribution is 2.32. The van der Waals surface area contributed by atoms with Crippen LogP contribution in [0.15, 0.2) is 71.3 Å². The quantitative estimate of drug-likeness (QED) is 0.515. The standard InChI is InChI=1S/C25H25F3N2O2/c26-25(27,28)19-12-10-18(11-13-19)20-7-2-3-8-21(20)24(31)29-17-22(23-9-6-16-32-23)30-14-4-1-5-15-30/h2-3,6-13,16,22H,1,4-5,14-15,17H2,(H,29,31)/t22-/m1/s1. The molecule has 1 atom stereocenters. The molecule has 1 aromatic heterocycles. The van der Waals surface area contributed by atoms with E-state index in [9.17, 15) is 18.0 Å². The van der Waals surface area contributed by atoms with Crippen molar-refractivity contribution in [3.63, 3.8) is 0 Å². The lowest BCUT2D eigenvalue weighted by Gasteiger charge is -2.33. The fraction of sp³-hybridized carbons (Fsp3) is 0.320. The Balaban J connectivity index is 1.52. The summed E-state index contributed by atoms with van der Waals surface area (Å²) in [6, 6.07) is 15.5. The number of carbonyl (C=O) groups is 1. The average Bonchev–Trinajstić information content (AvgIpc) is 3.34. The molecule has 0 bridgehead atoms. The van der Waals surface area contributed by atoms with E-state index in [-0.39, 0.29) is 11.9 Å². The maximum absolute atomic E-state index is 13.1. The number of alkyl halides is 3. The van der Waals surface area contributed by atoms with Crippen LogP contribution in [0.25, 0.3) is 11.1 Å². The van der Waals surface area contributed by atoms with Crippen molar-refractivity contribution in [2.45, 2.75) is 31.5 Å². The number of furan rings is 1. The highest BCUT2D eigenvalue weighted by molar-refractivity contribution is 6.00. The topological polar surface area (TPSA) is 45.5 Å². The molecule has 168 valence electrons. The summed E-state index contributed by atoms with van der Waals surface area (Å²) in [7, 11) is 0. The van der Waals surface area contributed by atoms with Gasteiger partial charge in [-0.3, -0.25) is 9.69 Å². The van der Waals surface area contributed by atoms with Gasteiger partial charge in [-0.1, -0.05) is 36.8 Å². The molecule has 7 heteroatoms. The van der Waals surface area contributed by atoms with E-state index in [0.717, 1.165) is 43.8 Å². The highest BCUT2D eigenvalue weighted by atomic mass is 19.4. The number of hydrogen-bond acceptors (Lipinski definition) is 3. The number of piperidine rings is 1. The number of nitrogens with zero attached hydrogens (tertiary/aromatic N) is 1. The molecule has 0 spiro atoms. The van der Waals surface area contributed by atoms with Crippen LogP contribution in [0.5, 0.6) is 0 Å². The van der Waals surface area contributed by atoms with E-state index in [1.165, 1.54) is 18.6 Å². The molecular weight excluding hydrogens is 417 g/mol. The molecule has 32 heavy (non-hydrogen) atoms. The summed E-state index contributed by atoms with van der Waals surface area (Å²) in [6.45, 7) is 2.28. The zero-order chi connectivity index (χ0) is 22.6. The average molecular weight is 442 g/mol. The van der Waals surface area contributed by atoms with Crippen LogP contribution in [-0.2, 0) is 6.18 Å². The molecule has 0 saturated carbocycles. The van der Waals surface area contributed by atoms with E-state index in [1.807, 2.05) is 12.1 Å². The largest absolute Gasteiger partial charge is 0.468 e. The molecule has 0 unspecified atom stereocenters. The Kier molecular flexibility index (Phi) is 6.65. The van der Waals surface area contributed by atoms with Gasteiger partial charge < -0.3 is 9.73 Å². The van der Waals surface area contributed by atoms with E-state index in [4.69, 9.17) is 4.42 Å². The third-order valence-electron chi connectivity index (χ3n) is 5.85. The molecule has 2 heterocycles. The number of hydrogen-bond donors (Lipinski definition) is 1. The Labute approximate surface area is 185 Å². The fourth-order valence-corrected chi connectivity index (χ4v) is 4.18. The molecule has 1 aliphatic rings. The van der Waals surface area contributed by atoms with Crippen LogP contribution < -0.4 is 5.32 Å². The lowest BCUT2D eigenvalue weighted by atomic mass is 9.98. The van der Waals surface area contributed by atoms with Crippen molar-refractivity contribution in [1.29, 1.82) is 0 Å². The van der Waals surface area contributed by atoms with Gasteiger partial charge >= 0.3 is 6.18 Å². The van der Waals surface area contributed by atoms with Crippen LogP contribution in [0.1, 0.15) is 47.0 Å². The summed E-state index contributed by atoms with van der Waals surface area (Å²) < 4.78 is 44.3. The summed E-state index contributed by atoms with van der Waals surface area (Å²) in [5, 5.41) is 3.01. The second kappa shape index (κ2) is 9.61. The van der Waals surface area contributed by atoms with Crippen molar-refractivity contribution in [2.24, 2.45) is 0 Å². The van der Waals surface area contributed by atoms with Crippen molar-refractivity contribution >= 4 is 5.91 Å². The number of nitrogens with one attached hydrogen (secondary N) is 1. The van der Waals surface area contributed by atoms with Gasteiger partial charge in [0.1, 0.15) is 5.76 Å². The summed E-state index contributed by atoms with van der Waals surface area (Å²) in [6.07, 6.45) is 0.663. The Bertz CT molecular complexity index is 1020. The molecule has 1 aliphatic heterocycles. The van der Waals surface area contributed by atoms with Crippen LogP contribution in [0, 0.1) is 0 Å². The first-order chi connectivity index (χ1) is 15.4. The number of rotatable bonds is 6. The van der Waals surface area contributed by atoms with Gasteiger partial charge in [0.25, 0.3) is 5.91 Å². The van der Waals surface area contributed by atoms with Crippen LogP contribution in [0.3, 0.4) is 0 Å². The third-order valence-corrected chi connectivity index (χ3v) is 5.85. The predicted molar refractivity (Wildman–Crippen MR) is 116 cm³/mol. The minimum atomic E-state index is -4.40. The minimum Gasteiger partial charge on any atom is -0.468 e. The molecule has 4 rings (SSSR count). The van der Waals surface area contributed by atoms with Gasteiger partial charge in [-0.05, 0) is 67.4 Å². The SMILES string of the molecule is O=C(NC[C@H](c1ccco1)N1CCCCC1)c1ccccc1-c1ccc(C(F)(F)F)cc1. The summed E-state index contributed by atoms with van der Waals surface area (Å²) in [4.78, 5) is 15.4. The molecule has 3 aromatic rings. The molecule has 2 aromatic carbocycles. The van der Waals surface area contributed by atoms with Gasteiger partial charge in [-0.25, -0.2) is 0 Å². The van der Waals surface area contributed by atoms with Crippen molar-refractivity contribution in [3.05, 3.63) is 83.8 Å². The van der Waals surface area contributed by atoms with E-state index in [2.05, 4.69) is 10.2 Å². The summed E-state index contributed by atoms with van der Waals surface area (Å²) in [5.74, 6) is 0.539. The lowest BCUT2D eigenvalue weighted by Crippen LogP contribution is -2.40. The predicted octanol–water partition coefficient (Wildman–Crippen LogP) is 5.92. The van der Waals surface area contributed by atoms with E-state index >= 15 is 0 Å². The maximum Gasteiger partial charge on any atom is 0.416 e. The number of amides is 1. The first-order valence-electron chi connectivity index (χ1n) is 10.8. The lowest BCUT2D eigenvalue weighted by molar-refractivity contribution is -0.137. The van der Waals surface area contributed by atoms with E-state index < -0.39 is 11.7 Å². The van der Waals surface area contributed by atoms with E-state index in [1.54, 1.807) is 30.5 Å². The monoisotopic (exact) mass is 442 g/mol. The van der Waals surface area contributed by atoms with Gasteiger partial charge in [-0.2, -0.15) is 13.2 Å². The van der Waals surface area contributed by atoms with Crippen molar-refractivity contribution in [2.75, 3.05) is 19.6 Å². The van der Waals surface area contributed by atoms with Crippen LogP contribution in [0.2, 0.25) is 0 Å². The first kappa shape index (κ1) is 22.1. The molecule has 4 nitrogen and oxygen atoms in total. The second-order valence-electron chi connectivity index (χ2n) is 7.96. The molecule has 0 radical (unpaired) electrons. The third kappa shape index (κ3) is 5.05. The number of likely N-dealkylation sites (tertiary alicyclic amines) is 1. The van der Waals surface area contributed by atoms with Gasteiger partial charge in [0.2, 0.25) is 0 Å². The van der Waals surface area contributed by atoms with Gasteiger partial charge in [0.05, 0.1) is 17.9 Å². The maximum atomic E-state index is 13.1. The van der Waals surface area contributed by atoms with Crippen molar-refractivity contribution < 1.29 is 22.4 Å². The normalized spacial score (nSPS) is 16.0. The molecular formula is C25H25F3N2O2. The van der Waals surface area contributed by atoms with Gasteiger partial charge in [0, 0.05) is 12.1 Å². The van der Waals surface area contributed by atoms with Crippen LogP contribution >= 0.6 is 0 Å².